The third-order valence-corrected chi connectivity index (χ3v) is 2.95. The van der Waals surface area contributed by atoms with Crippen molar-refractivity contribution in [2.45, 2.75) is 18.9 Å². The van der Waals surface area contributed by atoms with Gasteiger partial charge in [0, 0.05) is 24.3 Å². The maximum atomic E-state index is 11.8. The van der Waals surface area contributed by atoms with Gasteiger partial charge < -0.3 is 15.8 Å². The van der Waals surface area contributed by atoms with Gasteiger partial charge in [-0.2, -0.15) is 0 Å². The van der Waals surface area contributed by atoms with Crippen LogP contribution in [0.5, 0.6) is 0 Å². The highest BCUT2D eigenvalue weighted by Crippen LogP contribution is 2.11. The van der Waals surface area contributed by atoms with Crippen LogP contribution < -0.4 is 11.1 Å². The summed E-state index contributed by atoms with van der Waals surface area (Å²) in [5.41, 5.74) is 6.03. The van der Waals surface area contributed by atoms with Crippen LogP contribution in [0.25, 0.3) is 0 Å². The molecule has 1 atom stereocenters. The van der Waals surface area contributed by atoms with Gasteiger partial charge in [0.2, 0.25) is 5.91 Å². The molecule has 0 aliphatic carbocycles. The summed E-state index contributed by atoms with van der Waals surface area (Å²) in [6.45, 7) is 1.30. The van der Waals surface area contributed by atoms with Gasteiger partial charge in [-0.1, -0.05) is 0 Å². The molecule has 0 aromatic heterocycles. The fraction of sp³-hybridized carbons (Fsp3) is 0.385. The van der Waals surface area contributed by atoms with Crippen molar-refractivity contribution in [1.29, 1.82) is 0 Å². The van der Waals surface area contributed by atoms with Crippen molar-refractivity contribution in [3.63, 3.8) is 0 Å². The second-order valence-electron chi connectivity index (χ2n) is 4.29. The van der Waals surface area contributed by atoms with Crippen molar-refractivity contribution < 1.29 is 14.3 Å². The Morgan fingerprint density at radius 1 is 1.28 bits per heavy atom. The van der Waals surface area contributed by atoms with Crippen LogP contribution in [-0.4, -0.2) is 31.1 Å². The lowest BCUT2D eigenvalue weighted by Crippen LogP contribution is -2.31. The Hall–Kier alpha value is -1.88. The molecule has 0 bridgehead atoms. The molecule has 2 amide bonds. The molecule has 1 heterocycles. The molecule has 1 saturated heterocycles. The van der Waals surface area contributed by atoms with E-state index < -0.39 is 5.91 Å². The molecule has 1 aliphatic heterocycles. The van der Waals surface area contributed by atoms with Crippen LogP contribution in [0.4, 0.5) is 0 Å². The van der Waals surface area contributed by atoms with E-state index in [1.807, 2.05) is 0 Å². The zero-order chi connectivity index (χ0) is 13.0. The van der Waals surface area contributed by atoms with Gasteiger partial charge in [0.05, 0.1) is 6.10 Å². The summed E-state index contributed by atoms with van der Waals surface area (Å²) >= 11 is 0. The van der Waals surface area contributed by atoms with E-state index in [1.165, 1.54) is 0 Å². The molecule has 0 unspecified atom stereocenters. The van der Waals surface area contributed by atoms with Crippen LogP contribution in [0.2, 0.25) is 0 Å². The smallest absolute Gasteiger partial charge is 0.251 e. The minimum atomic E-state index is -0.499. The number of hydrogen-bond acceptors (Lipinski definition) is 3. The van der Waals surface area contributed by atoms with Crippen LogP contribution in [-0.2, 0) is 4.74 Å². The van der Waals surface area contributed by atoms with Crippen LogP contribution in [0.15, 0.2) is 24.3 Å². The predicted molar refractivity (Wildman–Crippen MR) is 66.3 cm³/mol. The summed E-state index contributed by atoms with van der Waals surface area (Å²) < 4.78 is 5.41. The molecule has 5 heteroatoms. The number of carbonyl (C=O) groups is 2. The number of rotatable bonds is 4. The van der Waals surface area contributed by atoms with E-state index in [2.05, 4.69) is 5.32 Å². The normalized spacial score (nSPS) is 18.6. The highest BCUT2D eigenvalue weighted by atomic mass is 16.5. The number of nitrogens with two attached hydrogens (primary N) is 1. The van der Waals surface area contributed by atoms with Gasteiger partial charge in [-0.25, -0.2) is 0 Å². The van der Waals surface area contributed by atoms with E-state index in [9.17, 15) is 9.59 Å². The summed E-state index contributed by atoms with van der Waals surface area (Å²) in [6.07, 6.45) is 2.16. The van der Waals surface area contributed by atoms with Crippen molar-refractivity contribution in [3.05, 3.63) is 35.4 Å². The standard InChI is InChI=1S/C13H16N2O3/c14-12(16)9-3-5-10(6-4-9)13(17)15-8-11-2-1-7-18-11/h3-6,11H,1-2,7-8H2,(H2,14,16)(H,15,17)/t11-/m0/s1. The Bertz CT molecular complexity index is 436. The number of benzene rings is 1. The van der Waals surface area contributed by atoms with Crippen molar-refractivity contribution in [1.82, 2.24) is 5.32 Å². The Morgan fingerprint density at radius 2 is 1.94 bits per heavy atom. The number of ether oxygens (including phenoxy) is 1. The number of primary amides is 1. The predicted octanol–water partition coefficient (Wildman–Crippen LogP) is 0.694. The molecule has 2 rings (SSSR count). The van der Waals surface area contributed by atoms with Crippen molar-refractivity contribution in [2.75, 3.05) is 13.2 Å². The zero-order valence-corrected chi connectivity index (χ0v) is 10.0. The fourth-order valence-corrected chi connectivity index (χ4v) is 1.90. The monoisotopic (exact) mass is 248 g/mol. The number of carbonyl (C=O) groups excluding carboxylic acids is 2. The van der Waals surface area contributed by atoms with Gasteiger partial charge in [0.1, 0.15) is 0 Å². The summed E-state index contributed by atoms with van der Waals surface area (Å²) in [4.78, 5) is 22.7. The molecular weight excluding hydrogens is 232 g/mol. The van der Waals surface area contributed by atoms with E-state index in [0.717, 1.165) is 19.4 Å². The Morgan fingerprint density at radius 3 is 2.50 bits per heavy atom. The van der Waals surface area contributed by atoms with Crippen molar-refractivity contribution in [2.24, 2.45) is 5.73 Å². The molecule has 1 fully saturated rings. The first-order chi connectivity index (χ1) is 8.66. The third-order valence-electron chi connectivity index (χ3n) is 2.95. The second-order valence-corrected chi connectivity index (χ2v) is 4.29. The highest BCUT2D eigenvalue weighted by molar-refractivity contribution is 5.97. The first-order valence-corrected chi connectivity index (χ1v) is 5.96. The molecular formula is C13H16N2O3. The largest absolute Gasteiger partial charge is 0.376 e. The van der Waals surface area contributed by atoms with Crippen LogP contribution in [0.1, 0.15) is 33.6 Å². The molecule has 1 aromatic carbocycles. The summed E-state index contributed by atoms with van der Waals surface area (Å²) in [5, 5.41) is 2.81. The Labute approximate surface area is 105 Å². The zero-order valence-electron chi connectivity index (χ0n) is 10.0. The van der Waals surface area contributed by atoms with Gasteiger partial charge in [-0.15, -0.1) is 0 Å². The number of amides is 2. The maximum absolute atomic E-state index is 11.8. The van der Waals surface area contributed by atoms with Gasteiger partial charge >= 0.3 is 0 Å². The topological polar surface area (TPSA) is 81.4 Å². The van der Waals surface area contributed by atoms with Gasteiger partial charge in [0.15, 0.2) is 0 Å². The molecule has 3 N–H and O–H groups in total. The second kappa shape index (κ2) is 5.64. The van der Waals surface area contributed by atoms with E-state index in [-0.39, 0.29) is 12.0 Å². The van der Waals surface area contributed by atoms with E-state index in [0.29, 0.717) is 17.7 Å². The molecule has 0 saturated carbocycles. The quantitative estimate of drug-likeness (QED) is 0.822. The van der Waals surface area contributed by atoms with E-state index in [1.54, 1.807) is 24.3 Å². The van der Waals surface area contributed by atoms with Crippen LogP contribution in [0.3, 0.4) is 0 Å². The SMILES string of the molecule is NC(=O)c1ccc(C(=O)NC[C@@H]2CCCO2)cc1. The summed E-state index contributed by atoms with van der Waals surface area (Å²) in [5.74, 6) is -0.664. The first kappa shape index (κ1) is 12.6. The van der Waals surface area contributed by atoms with Crippen LogP contribution >= 0.6 is 0 Å². The Balaban J connectivity index is 1.89. The molecule has 1 aliphatic rings. The van der Waals surface area contributed by atoms with E-state index >= 15 is 0 Å². The van der Waals surface area contributed by atoms with Crippen LogP contribution in [0, 0.1) is 0 Å². The van der Waals surface area contributed by atoms with Gasteiger partial charge in [-0.05, 0) is 37.1 Å². The molecule has 1 aromatic rings. The lowest BCUT2D eigenvalue weighted by atomic mass is 10.1. The fourth-order valence-electron chi connectivity index (χ4n) is 1.90. The summed E-state index contributed by atoms with van der Waals surface area (Å²) in [6, 6.07) is 6.27. The third kappa shape index (κ3) is 3.07. The molecule has 0 radical (unpaired) electrons. The first-order valence-electron chi connectivity index (χ1n) is 5.96. The van der Waals surface area contributed by atoms with Crippen molar-refractivity contribution >= 4 is 11.8 Å². The molecule has 96 valence electrons. The van der Waals surface area contributed by atoms with Gasteiger partial charge in [-0.3, -0.25) is 9.59 Å². The number of nitrogens with one attached hydrogen (secondary N) is 1. The van der Waals surface area contributed by atoms with Crippen molar-refractivity contribution in [3.8, 4) is 0 Å². The molecule has 0 spiro atoms. The molecule has 5 nitrogen and oxygen atoms in total. The molecule has 18 heavy (non-hydrogen) atoms. The van der Waals surface area contributed by atoms with E-state index in [4.69, 9.17) is 10.5 Å². The highest BCUT2D eigenvalue weighted by Gasteiger charge is 2.16. The average molecular weight is 248 g/mol. The van der Waals surface area contributed by atoms with Gasteiger partial charge in [0.25, 0.3) is 5.91 Å². The lowest BCUT2D eigenvalue weighted by molar-refractivity contribution is 0.0857. The Kier molecular flexibility index (Phi) is 3.94. The number of hydrogen-bond donors (Lipinski definition) is 2. The minimum absolute atomic E-state index is 0.124. The average Bonchev–Trinajstić information content (AvgIpc) is 2.89. The minimum Gasteiger partial charge on any atom is -0.376 e. The maximum Gasteiger partial charge on any atom is 0.251 e. The lowest BCUT2D eigenvalue weighted by Gasteiger charge is -2.10. The summed E-state index contributed by atoms with van der Waals surface area (Å²) in [7, 11) is 0.